The van der Waals surface area contributed by atoms with E-state index in [9.17, 15) is 18.3 Å². The van der Waals surface area contributed by atoms with Crippen molar-refractivity contribution in [3.05, 3.63) is 59.7 Å². The maximum Gasteiger partial charge on any atom is 0.573 e. The van der Waals surface area contributed by atoms with Crippen LogP contribution in [0.1, 0.15) is 17.2 Å². The molecule has 1 atom stereocenters. The van der Waals surface area contributed by atoms with Gasteiger partial charge >= 0.3 is 6.36 Å². The fourth-order valence-corrected chi connectivity index (χ4v) is 3.10. The van der Waals surface area contributed by atoms with Crippen LogP contribution in [0.15, 0.2) is 48.5 Å². The second-order valence-electron chi connectivity index (χ2n) is 5.90. The molecule has 1 heterocycles. The lowest BCUT2D eigenvalue weighted by atomic mass is 9.96. The summed E-state index contributed by atoms with van der Waals surface area (Å²) >= 11 is 0. The Labute approximate surface area is 168 Å². The number of nitrogens with one attached hydrogen (secondary N) is 1. The monoisotopic (exact) mass is 424 g/mol. The normalized spacial score (nSPS) is 16.0. The van der Waals surface area contributed by atoms with E-state index in [4.69, 9.17) is 0 Å². The van der Waals surface area contributed by atoms with Gasteiger partial charge in [-0.15, -0.1) is 38.0 Å². The third kappa shape index (κ3) is 6.46. The van der Waals surface area contributed by atoms with E-state index in [0.29, 0.717) is 0 Å². The molecule has 2 aromatic carbocycles. The Morgan fingerprint density at radius 2 is 1.59 bits per heavy atom. The standard InChI is InChI=1S/C18H19F3N2O2.2ClH/c19-18(20,21)25-16-6-4-13(5-7-16)17(23-10-8-22-9-11-23)14-2-1-3-15(24)12-14;;/h1-7,12,17,22,24H,8-11H2;2*1H/t17-;;/m1../s1. The van der Waals surface area contributed by atoms with Gasteiger partial charge in [0.1, 0.15) is 11.5 Å². The topological polar surface area (TPSA) is 44.7 Å². The van der Waals surface area contributed by atoms with E-state index in [2.05, 4.69) is 15.0 Å². The van der Waals surface area contributed by atoms with Crippen LogP contribution in [0.25, 0.3) is 0 Å². The third-order valence-corrected chi connectivity index (χ3v) is 4.13. The summed E-state index contributed by atoms with van der Waals surface area (Å²) in [5.41, 5.74) is 1.74. The summed E-state index contributed by atoms with van der Waals surface area (Å²) in [6, 6.07) is 12.7. The lowest BCUT2D eigenvalue weighted by molar-refractivity contribution is -0.274. The molecule has 9 heteroatoms. The molecule has 0 radical (unpaired) electrons. The molecule has 0 spiro atoms. The van der Waals surface area contributed by atoms with Crippen molar-refractivity contribution in [2.24, 2.45) is 0 Å². The Morgan fingerprint density at radius 3 is 2.15 bits per heavy atom. The molecule has 0 aromatic heterocycles. The Bertz CT molecular complexity index is 708. The molecule has 2 aromatic rings. The number of aromatic hydroxyl groups is 1. The molecular formula is C18H21Cl2F3N2O2. The van der Waals surface area contributed by atoms with Gasteiger partial charge in [0.05, 0.1) is 6.04 Å². The van der Waals surface area contributed by atoms with Gasteiger partial charge in [-0.05, 0) is 35.4 Å². The second-order valence-corrected chi connectivity index (χ2v) is 5.90. The summed E-state index contributed by atoms with van der Waals surface area (Å²) < 4.78 is 40.9. The quantitative estimate of drug-likeness (QED) is 0.774. The van der Waals surface area contributed by atoms with Crippen LogP contribution in [-0.2, 0) is 0 Å². The minimum Gasteiger partial charge on any atom is -0.508 e. The summed E-state index contributed by atoms with van der Waals surface area (Å²) in [4.78, 5) is 2.24. The van der Waals surface area contributed by atoms with Crippen LogP contribution in [0.5, 0.6) is 11.5 Å². The highest BCUT2D eigenvalue weighted by Gasteiger charge is 2.31. The molecular weight excluding hydrogens is 404 g/mol. The first-order valence-corrected chi connectivity index (χ1v) is 8.02. The van der Waals surface area contributed by atoms with Crippen LogP contribution in [0.4, 0.5) is 13.2 Å². The zero-order valence-electron chi connectivity index (χ0n) is 14.3. The fourth-order valence-electron chi connectivity index (χ4n) is 3.10. The van der Waals surface area contributed by atoms with Crippen LogP contribution in [0.3, 0.4) is 0 Å². The summed E-state index contributed by atoms with van der Waals surface area (Å²) in [6.45, 7) is 3.29. The number of hydrogen-bond donors (Lipinski definition) is 2. The van der Waals surface area contributed by atoms with E-state index in [1.54, 1.807) is 30.3 Å². The molecule has 0 unspecified atom stereocenters. The van der Waals surface area contributed by atoms with E-state index < -0.39 is 6.36 Å². The number of rotatable bonds is 4. The van der Waals surface area contributed by atoms with Crippen LogP contribution in [0, 0.1) is 0 Å². The van der Waals surface area contributed by atoms with Gasteiger partial charge in [0.25, 0.3) is 0 Å². The SMILES string of the molecule is Cl.Cl.Oc1cccc([C@@H](c2ccc(OC(F)(F)F)cc2)N2CCNCC2)c1. The smallest absolute Gasteiger partial charge is 0.508 e. The first-order chi connectivity index (χ1) is 11.9. The van der Waals surface area contributed by atoms with Crippen molar-refractivity contribution in [1.29, 1.82) is 0 Å². The Kier molecular flexibility index (Phi) is 8.68. The average molecular weight is 425 g/mol. The van der Waals surface area contributed by atoms with Crippen molar-refractivity contribution in [1.82, 2.24) is 10.2 Å². The van der Waals surface area contributed by atoms with Crippen molar-refractivity contribution in [3.63, 3.8) is 0 Å². The highest BCUT2D eigenvalue weighted by Crippen LogP contribution is 2.32. The molecule has 2 N–H and O–H groups in total. The van der Waals surface area contributed by atoms with Gasteiger partial charge in [-0.2, -0.15) is 0 Å². The van der Waals surface area contributed by atoms with Crippen molar-refractivity contribution in [3.8, 4) is 11.5 Å². The van der Waals surface area contributed by atoms with Gasteiger partial charge in [0, 0.05) is 26.2 Å². The minimum absolute atomic E-state index is 0. The Morgan fingerprint density at radius 1 is 0.963 bits per heavy atom. The number of benzene rings is 2. The van der Waals surface area contributed by atoms with Crippen molar-refractivity contribution < 1.29 is 23.0 Å². The summed E-state index contributed by atoms with van der Waals surface area (Å²) in [5.74, 6) is -0.0825. The van der Waals surface area contributed by atoms with Gasteiger partial charge in [-0.3, -0.25) is 4.90 Å². The zero-order chi connectivity index (χ0) is 17.9. The van der Waals surface area contributed by atoms with E-state index >= 15 is 0 Å². The van der Waals surface area contributed by atoms with E-state index in [1.807, 2.05) is 6.07 Å². The van der Waals surface area contributed by atoms with Gasteiger partial charge in [-0.1, -0.05) is 24.3 Å². The molecule has 27 heavy (non-hydrogen) atoms. The molecule has 1 aliphatic rings. The molecule has 1 aliphatic heterocycles. The number of phenolic OH excluding ortho intramolecular Hbond substituents is 1. The largest absolute Gasteiger partial charge is 0.573 e. The molecule has 0 saturated carbocycles. The number of halogens is 5. The maximum absolute atomic E-state index is 12.3. The lowest BCUT2D eigenvalue weighted by Gasteiger charge is -2.35. The predicted molar refractivity (Wildman–Crippen MR) is 102 cm³/mol. The van der Waals surface area contributed by atoms with Gasteiger partial charge < -0.3 is 15.2 Å². The van der Waals surface area contributed by atoms with Crippen LogP contribution in [-0.4, -0.2) is 42.5 Å². The van der Waals surface area contributed by atoms with Gasteiger partial charge in [0.15, 0.2) is 0 Å². The van der Waals surface area contributed by atoms with Crippen LogP contribution < -0.4 is 10.1 Å². The number of hydrogen-bond acceptors (Lipinski definition) is 4. The number of alkyl halides is 3. The molecule has 1 fully saturated rings. The highest BCUT2D eigenvalue weighted by molar-refractivity contribution is 5.85. The van der Waals surface area contributed by atoms with E-state index in [-0.39, 0.29) is 42.4 Å². The molecule has 150 valence electrons. The number of phenols is 1. The second kappa shape index (κ2) is 10.0. The predicted octanol–water partition coefficient (Wildman–Crippen LogP) is 4.13. The summed E-state index contributed by atoms with van der Waals surface area (Å²) in [7, 11) is 0. The molecule has 4 nitrogen and oxygen atoms in total. The summed E-state index contributed by atoms with van der Waals surface area (Å²) in [6.07, 6.45) is -4.70. The molecule has 0 bridgehead atoms. The fraction of sp³-hybridized carbons (Fsp3) is 0.333. The van der Waals surface area contributed by atoms with Crippen LogP contribution in [0.2, 0.25) is 0 Å². The van der Waals surface area contributed by atoms with Gasteiger partial charge in [-0.25, -0.2) is 0 Å². The number of nitrogens with zero attached hydrogens (tertiary/aromatic N) is 1. The maximum atomic E-state index is 12.3. The van der Waals surface area contributed by atoms with Crippen molar-refractivity contribution in [2.75, 3.05) is 26.2 Å². The van der Waals surface area contributed by atoms with E-state index in [0.717, 1.165) is 37.3 Å². The molecule has 3 rings (SSSR count). The van der Waals surface area contributed by atoms with E-state index in [1.165, 1.54) is 12.1 Å². The minimum atomic E-state index is -4.70. The Hall–Kier alpha value is -1.67. The number of piperazine rings is 1. The highest BCUT2D eigenvalue weighted by atomic mass is 35.5. The first kappa shape index (κ1) is 23.4. The molecule has 0 aliphatic carbocycles. The Balaban J connectivity index is 0.00000182. The van der Waals surface area contributed by atoms with Crippen molar-refractivity contribution >= 4 is 24.8 Å². The van der Waals surface area contributed by atoms with Crippen LogP contribution >= 0.6 is 24.8 Å². The third-order valence-electron chi connectivity index (χ3n) is 4.13. The van der Waals surface area contributed by atoms with Gasteiger partial charge in [0.2, 0.25) is 0 Å². The lowest BCUT2D eigenvalue weighted by Crippen LogP contribution is -2.45. The van der Waals surface area contributed by atoms with Crippen molar-refractivity contribution in [2.45, 2.75) is 12.4 Å². The zero-order valence-corrected chi connectivity index (χ0v) is 15.9. The number of ether oxygens (including phenoxy) is 1. The first-order valence-electron chi connectivity index (χ1n) is 8.02. The molecule has 0 amide bonds. The molecule has 1 saturated heterocycles. The summed E-state index contributed by atoms with van der Waals surface area (Å²) in [5, 5.41) is 13.1. The average Bonchev–Trinajstić information content (AvgIpc) is 2.56.